The summed E-state index contributed by atoms with van der Waals surface area (Å²) in [6.45, 7) is 5.54. The molecular formula is C10H16N4O. The Labute approximate surface area is 88.6 Å². The maximum absolute atomic E-state index is 11.9. The summed E-state index contributed by atoms with van der Waals surface area (Å²) in [5.74, 6) is -0.0209. The molecule has 3 N–H and O–H groups in total. The summed E-state index contributed by atoms with van der Waals surface area (Å²) < 4.78 is 0. The average molecular weight is 208 g/mol. The molecule has 1 unspecified atom stereocenters. The van der Waals surface area contributed by atoms with Gasteiger partial charge in [-0.25, -0.2) is 0 Å². The number of H-pyrrole nitrogens is 1. The van der Waals surface area contributed by atoms with Crippen LogP contribution in [0.25, 0.3) is 0 Å². The van der Waals surface area contributed by atoms with E-state index in [0.29, 0.717) is 5.56 Å². The molecule has 15 heavy (non-hydrogen) atoms. The molecule has 0 bridgehead atoms. The summed E-state index contributed by atoms with van der Waals surface area (Å²) in [7, 11) is 0. The van der Waals surface area contributed by atoms with Crippen molar-refractivity contribution in [3.8, 4) is 0 Å². The van der Waals surface area contributed by atoms with Gasteiger partial charge in [0.1, 0.15) is 0 Å². The molecule has 5 nitrogen and oxygen atoms in total. The van der Waals surface area contributed by atoms with Crippen LogP contribution in [0.3, 0.4) is 0 Å². The maximum Gasteiger partial charge on any atom is 0.255 e. The summed E-state index contributed by atoms with van der Waals surface area (Å²) >= 11 is 0. The first-order chi connectivity index (χ1) is 7.18. The molecule has 5 heteroatoms. The predicted octanol–water partition coefficient (Wildman–Crippen LogP) is 0.118. The topological polar surface area (TPSA) is 69.8 Å². The van der Waals surface area contributed by atoms with E-state index in [2.05, 4.69) is 20.8 Å². The first-order valence-electron chi connectivity index (χ1n) is 5.21. The summed E-state index contributed by atoms with van der Waals surface area (Å²) in [5, 5.41) is 13.0. The normalized spacial score (nSPS) is 20.5. The quantitative estimate of drug-likeness (QED) is 0.646. The highest BCUT2D eigenvalue weighted by Gasteiger charge is 2.20. The van der Waals surface area contributed by atoms with E-state index >= 15 is 0 Å². The predicted molar refractivity (Wildman–Crippen MR) is 56.8 cm³/mol. The number of aromatic nitrogens is 2. The second-order valence-electron chi connectivity index (χ2n) is 3.97. The van der Waals surface area contributed by atoms with Crippen molar-refractivity contribution in [3.05, 3.63) is 17.0 Å². The van der Waals surface area contributed by atoms with E-state index in [-0.39, 0.29) is 11.9 Å². The lowest BCUT2D eigenvalue weighted by Gasteiger charge is -2.11. The van der Waals surface area contributed by atoms with Crippen LogP contribution in [0.5, 0.6) is 0 Å². The highest BCUT2D eigenvalue weighted by atomic mass is 16.1. The Morgan fingerprint density at radius 1 is 1.53 bits per heavy atom. The van der Waals surface area contributed by atoms with Gasteiger partial charge in [-0.15, -0.1) is 0 Å². The zero-order valence-electron chi connectivity index (χ0n) is 9.05. The third-order valence-corrected chi connectivity index (χ3v) is 2.75. The number of aromatic amines is 1. The van der Waals surface area contributed by atoms with Crippen LogP contribution in [0.2, 0.25) is 0 Å². The molecule has 0 spiro atoms. The smallest absolute Gasteiger partial charge is 0.255 e. The lowest BCUT2D eigenvalue weighted by Crippen LogP contribution is -2.36. The van der Waals surface area contributed by atoms with Gasteiger partial charge in [0.2, 0.25) is 0 Å². The van der Waals surface area contributed by atoms with E-state index in [9.17, 15) is 4.79 Å². The van der Waals surface area contributed by atoms with Gasteiger partial charge >= 0.3 is 0 Å². The molecule has 2 rings (SSSR count). The SMILES string of the molecule is Cc1n[nH]c(C)c1C(=O)NC1CCNC1. The fourth-order valence-corrected chi connectivity index (χ4v) is 1.92. The molecule has 0 aliphatic carbocycles. The Kier molecular flexibility index (Phi) is 2.73. The minimum absolute atomic E-state index is 0.0209. The first-order valence-corrected chi connectivity index (χ1v) is 5.21. The van der Waals surface area contributed by atoms with Gasteiger partial charge in [0.15, 0.2) is 0 Å². The van der Waals surface area contributed by atoms with Crippen LogP contribution in [0.4, 0.5) is 0 Å². The van der Waals surface area contributed by atoms with Crippen LogP contribution < -0.4 is 10.6 Å². The van der Waals surface area contributed by atoms with Crippen molar-refractivity contribution in [2.75, 3.05) is 13.1 Å². The summed E-state index contributed by atoms with van der Waals surface area (Å²) in [5.41, 5.74) is 2.27. The Balaban J connectivity index is 2.07. The van der Waals surface area contributed by atoms with E-state index in [4.69, 9.17) is 0 Å². The van der Waals surface area contributed by atoms with E-state index in [1.807, 2.05) is 13.8 Å². The number of hydrogen-bond acceptors (Lipinski definition) is 3. The lowest BCUT2D eigenvalue weighted by atomic mass is 10.1. The Hall–Kier alpha value is -1.36. The van der Waals surface area contributed by atoms with E-state index in [0.717, 1.165) is 30.9 Å². The van der Waals surface area contributed by atoms with Gasteiger partial charge in [-0.3, -0.25) is 9.89 Å². The zero-order chi connectivity index (χ0) is 10.8. The van der Waals surface area contributed by atoms with Crippen molar-refractivity contribution >= 4 is 5.91 Å². The summed E-state index contributed by atoms with van der Waals surface area (Å²) in [6.07, 6.45) is 1.00. The number of amides is 1. The van der Waals surface area contributed by atoms with E-state index in [1.165, 1.54) is 0 Å². The molecular weight excluding hydrogens is 192 g/mol. The number of nitrogens with one attached hydrogen (secondary N) is 3. The molecule has 1 atom stereocenters. The van der Waals surface area contributed by atoms with Crippen LogP contribution in [0, 0.1) is 13.8 Å². The van der Waals surface area contributed by atoms with Gasteiger partial charge in [-0.05, 0) is 26.8 Å². The van der Waals surface area contributed by atoms with E-state index < -0.39 is 0 Å². The third kappa shape index (κ3) is 2.02. The molecule has 0 aromatic carbocycles. The molecule has 1 saturated heterocycles. The highest BCUT2D eigenvalue weighted by molar-refractivity contribution is 5.96. The molecule has 82 valence electrons. The number of rotatable bonds is 2. The monoisotopic (exact) mass is 208 g/mol. The van der Waals surface area contributed by atoms with Crippen LogP contribution in [-0.2, 0) is 0 Å². The summed E-state index contributed by atoms with van der Waals surface area (Å²) in [6, 6.07) is 0.256. The van der Waals surface area contributed by atoms with Crippen molar-refractivity contribution < 1.29 is 4.79 Å². The molecule has 0 saturated carbocycles. The van der Waals surface area contributed by atoms with Crippen molar-refractivity contribution in [1.82, 2.24) is 20.8 Å². The second kappa shape index (κ2) is 4.02. The molecule has 1 aliphatic rings. The van der Waals surface area contributed by atoms with Crippen molar-refractivity contribution in [3.63, 3.8) is 0 Å². The van der Waals surface area contributed by atoms with Gasteiger partial charge in [-0.2, -0.15) is 5.10 Å². The minimum atomic E-state index is -0.0209. The van der Waals surface area contributed by atoms with Crippen LogP contribution in [0.1, 0.15) is 28.2 Å². The van der Waals surface area contributed by atoms with Crippen LogP contribution in [-0.4, -0.2) is 35.2 Å². The molecule has 0 radical (unpaired) electrons. The number of carbonyl (C=O) groups excluding carboxylic acids is 1. The molecule has 1 aromatic heterocycles. The standard InChI is InChI=1S/C10H16N4O/c1-6-9(7(2)14-13-6)10(15)12-8-3-4-11-5-8/h8,11H,3-5H2,1-2H3,(H,12,15)(H,13,14). The number of carbonyl (C=O) groups is 1. The molecule has 2 heterocycles. The second-order valence-corrected chi connectivity index (χ2v) is 3.97. The van der Waals surface area contributed by atoms with E-state index in [1.54, 1.807) is 0 Å². The fraction of sp³-hybridized carbons (Fsp3) is 0.600. The highest BCUT2D eigenvalue weighted by Crippen LogP contribution is 2.10. The van der Waals surface area contributed by atoms with Crippen molar-refractivity contribution in [2.24, 2.45) is 0 Å². The third-order valence-electron chi connectivity index (χ3n) is 2.75. The molecule has 1 aliphatic heterocycles. The van der Waals surface area contributed by atoms with Gasteiger partial charge in [0.05, 0.1) is 11.3 Å². The number of nitrogens with zero attached hydrogens (tertiary/aromatic N) is 1. The molecule has 1 aromatic rings. The Morgan fingerprint density at radius 3 is 2.87 bits per heavy atom. The largest absolute Gasteiger partial charge is 0.348 e. The van der Waals surface area contributed by atoms with Crippen molar-refractivity contribution in [2.45, 2.75) is 26.3 Å². The molecule has 1 amide bonds. The molecule has 1 fully saturated rings. The van der Waals surface area contributed by atoms with Crippen LogP contribution in [0.15, 0.2) is 0 Å². The van der Waals surface area contributed by atoms with Gasteiger partial charge in [0, 0.05) is 18.3 Å². The zero-order valence-corrected chi connectivity index (χ0v) is 9.05. The van der Waals surface area contributed by atoms with Gasteiger partial charge in [0.25, 0.3) is 5.91 Å². The van der Waals surface area contributed by atoms with Gasteiger partial charge < -0.3 is 10.6 Å². The summed E-state index contributed by atoms with van der Waals surface area (Å²) in [4.78, 5) is 11.9. The Bertz CT molecular complexity index is 346. The van der Waals surface area contributed by atoms with Crippen molar-refractivity contribution in [1.29, 1.82) is 0 Å². The number of aryl methyl sites for hydroxylation is 2. The lowest BCUT2D eigenvalue weighted by molar-refractivity contribution is 0.0939. The minimum Gasteiger partial charge on any atom is -0.348 e. The maximum atomic E-state index is 11.9. The first kappa shape index (κ1) is 10.2. The van der Waals surface area contributed by atoms with Gasteiger partial charge in [-0.1, -0.05) is 0 Å². The fourth-order valence-electron chi connectivity index (χ4n) is 1.92. The average Bonchev–Trinajstić information content (AvgIpc) is 2.77. The number of hydrogen-bond donors (Lipinski definition) is 3. The van der Waals surface area contributed by atoms with Crippen LogP contribution >= 0.6 is 0 Å². The Morgan fingerprint density at radius 2 is 2.33 bits per heavy atom.